The Morgan fingerprint density at radius 3 is 1.96 bits per heavy atom. The molecule has 0 aromatic heterocycles. The van der Waals surface area contributed by atoms with Crippen molar-refractivity contribution in [2.45, 2.75) is 94.8 Å². The number of halogens is 6. The van der Waals surface area contributed by atoms with Gasteiger partial charge in [-0.05, 0) is 86.8 Å². The predicted octanol–water partition coefficient (Wildman–Crippen LogP) is 6.86. The van der Waals surface area contributed by atoms with Gasteiger partial charge in [0.2, 0.25) is 0 Å². The van der Waals surface area contributed by atoms with Crippen molar-refractivity contribution >= 4 is 27.5 Å². The van der Waals surface area contributed by atoms with Crippen LogP contribution in [0.2, 0.25) is 0 Å². The fraction of sp³-hybridized carbons (Fsp3) is 0.562. The molecule has 2 N–H and O–H groups in total. The molecule has 1 fully saturated rings. The summed E-state index contributed by atoms with van der Waals surface area (Å²) in [7, 11) is -3.65. The average Bonchev–Trinajstić information content (AvgIpc) is 3.72. The van der Waals surface area contributed by atoms with E-state index in [-0.39, 0.29) is 40.8 Å². The largest absolute Gasteiger partial charge is 0.444 e. The fourth-order valence-electron chi connectivity index (χ4n) is 6.00. The topological polar surface area (TPSA) is 113 Å². The molecule has 47 heavy (non-hydrogen) atoms. The summed E-state index contributed by atoms with van der Waals surface area (Å²) in [4.78, 5) is 29.5. The van der Waals surface area contributed by atoms with Gasteiger partial charge in [0.25, 0.3) is 11.5 Å². The van der Waals surface area contributed by atoms with E-state index in [1.54, 1.807) is 41.5 Å². The van der Waals surface area contributed by atoms with E-state index in [2.05, 4.69) is 5.32 Å². The first-order valence-electron chi connectivity index (χ1n) is 14.9. The van der Waals surface area contributed by atoms with Gasteiger partial charge in [0.05, 0.1) is 10.6 Å². The second-order valence-electron chi connectivity index (χ2n) is 14.1. The van der Waals surface area contributed by atoms with Crippen LogP contribution in [0.3, 0.4) is 0 Å². The average molecular weight is 693 g/mol. The van der Waals surface area contributed by atoms with Crippen LogP contribution in [0.25, 0.3) is 0 Å². The van der Waals surface area contributed by atoms with Crippen molar-refractivity contribution in [2.24, 2.45) is 11.3 Å². The molecule has 0 spiro atoms. The molecule has 0 radical (unpaired) electrons. The van der Waals surface area contributed by atoms with Gasteiger partial charge in [-0.2, -0.15) is 26.3 Å². The number of benzene rings is 2. The molecule has 15 heteroatoms. The highest BCUT2D eigenvalue weighted by atomic mass is 32.2. The zero-order chi connectivity index (χ0) is 35.6. The number of hydrogen-bond acceptors (Lipinski definition) is 6. The number of hydrogen-bond donors (Lipinski definition) is 2. The monoisotopic (exact) mass is 692 g/mol. The maximum atomic E-state index is 14.5. The summed E-state index contributed by atoms with van der Waals surface area (Å²) in [6.45, 7) is 9.78. The number of carbonyl (C=O) groups is 2. The zero-order valence-corrected chi connectivity index (χ0v) is 27.6. The minimum absolute atomic E-state index is 0.0193. The molecule has 2 aromatic rings. The molecule has 1 unspecified atom stereocenters. The highest BCUT2D eigenvalue weighted by Crippen LogP contribution is 2.52. The maximum Gasteiger partial charge on any atom is 0.430 e. The van der Waals surface area contributed by atoms with Gasteiger partial charge in [-0.1, -0.05) is 39.0 Å². The first-order valence-corrected chi connectivity index (χ1v) is 16.6. The van der Waals surface area contributed by atoms with Crippen LogP contribution in [0.1, 0.15) is 71.1 Å². The Morgan fingerprint density at radius 1 is 0.936 bits per heavy atom. The smallest absolute Gasteiger partial charge is 0.430 e. The number of nitrogens with one attached hydrogen (secondary N) is 1. The quantitative estimate of drug-likeness (QED) is 0.320. The van der Waals surface area contributed by atoms with Crippen LogP contribution in [0.5, 0.6) is 0 Å². The van der Waals surface area contributed by atoms with Crippen molar-refractivity contribution in [3.8, 4) is 0 Å². The summed E-state index contributed by atoms with van der Waals surface area (Å²) < 4.78 is 113. The molecule has 8 nitrogen and oxygen atoms in total. The van der Waals surface area contributed by atoms with Crippen molar-refractivity contribution in [1.82, 2.24) is 4.90 Å². The van der Waals surface area contributed by atoms with Crippen molar-refractivity contribution in [3.05, 3.63) is 59.2 Å². The molecule has 2 amide bonds. The van der Waals surface area contributed by atoms with E-state index >= 15 is 0 Å². The van der Waals surface area contributed by atoms with E-state index in [1.807, 2.05) is 0 Å². The number of aliphatic hydroxyl groups is 1. The fourth-order valence-corrected chi connectivity index (χ4v) is 7.75. The molecule has 1 aliphatic heterocycles. The second-order valence-corrected chi connectivity index (χ2v) is 16.2. The second kappa shape index (κ2) is 11.7. The van der Waals surface area contributed by atoms with Crippen molar-refractivity contribution in [2.75, 3.05) is 17.6 Å². The Bertz CT molecular complexity index is 1620. The Kier molecular flexibility index (Phi) is 9.07. The van der Waals surface area contributed by atoms with Crippen LogP contribution in [-0.2, 0) is 36.9 Å². The molecule has 1 heterocycles. The first kappa shape index (κ1) is 36.5. The summed E-state index contributed by atoms with van der Waals surface area (Å²) in [5.41, 5.74) is -10.2. The molecule has 2 aromatic carbocycles. The lowest BCUT2D eigenvalue weighted by molar-refractivity contribution is -0.376. The van der Waals surface area contributed by atoms with E-state index in [1.165, 1.54) is 23.1 Å². The Morgan fingerprint density at radius 2 is 1.49 bits per heavy atom. The van der Waals surface area contributed by atoms with Gasteiger partial charge < -0.3 is 15.2 Å². The summed E-state index contributed by atoms with van der Waals surface area (Å²) in [6, 6.07) is 6.67. The summed E-state index contributed by atoms with van der Waals surface area (Å²) in [6.07, 6.45) is -11.3. The third kappa shape index (κ3) is 6.70. The number of amides is 2. The minimum Gasteiger partial charge on any atom is -0.444 e. The molecule has 1 aliphatic carbocycles. The number of fused-ring (bicyclic) bond motifs is 1. The van der Waals surface area contributed by atoms with Crippen molar-refractivity contribution < 1.29 is 54.2 Å². The summed E-state index contributed by atoms with van der Waals surface area (Å²) >= 11 is 0. The van der Waals surface area contributed by atoms with Crippen molar-refractivity contribution in [1.29, 1.82) is 0 Å². The van der Waals surface area contributed by atoms with Gasteiger partial charge in [-0.25, -0.2) is 13.2 Å². The molecular formula is C32H38F6N2O6S. The van der Waals surface area contributed by atoms with Gasteiger partial charge in [-0.15, -0.1) is 0 Å². The molecule has 0 bridgehead atoms. The highest BCUT2D eigenvalue weighted by Gasteiger charge is 2.71. The normalized spacial score (nSPS) is 19.6. The predicted molar refractivity (Wildman–Crippen MR) is 160 cm³/mol. The number of alkyl halides is 6. The third-order valence-corrected chi connectivity index (χ3v) is 10.3. The molecule has 4 rings (SSSR count). The van der Waals surface area contributed by atoms with E-state index in [0.717, 1.165) is 25.0 Å². The van der Waals surface area contributed by atoms with E-state index in [9.17, 15) is 49.5 Å². The van der Waals surface area contributed by atoms with Gasteiger partial charge in [0.1, 0.15) is 5.60 Å². The lowest BCUT2D eigenvalue weighted by Crippen LogP contribution is -2.66. The standard InChI is InChI=1S/C32H38F6N2O6S/c1-27(2,3)29(25(41)39-22-11-9-21(10-12-22)30(43,31(33,34)35)32(36,37)38)24-14-13-23(47(44,45)18-19-7-8-19)17-20(24)15-16-40(29)26(42)46-28(4,5)6/h9-14,17,19,43H,7-8,15-16,18H2,1-6H3,(H,39,41). The Labute approximate surface area is 269 Å². The number of ether oxygens (including phenoxy) is 1. The van der Waals surface area contributed by atoms with E-state index < -0.39 is 61.9 Å². The number of carbonyl (C=O) groups excluding carboxylic acids is 2. The van der Waals surface area contributed by atoms with Gasteiger partial charge in [0.15, 0.2) is 15.4 Å². The number of sulfone groups is 1. The number of nitrogens with zero attached hydrogens (tertiary/aromatic N) is 1. The lowest BCUT2D eigenvalue weighted by atomic mass is 9.64. The number of anilines is 1. The van der Waals surface area contributed by atoms with Crippen LogP contribution >= 0.6 is 0 Å². The Balaban J connectivity index is 1.84. The van der Waals surface area contributed by atoms with E-state index in [4.69, 9.17) is 4.74 Å². The molecular weight excluding hydrogens is 654 g/mol. The zero-order valence-electron chi connectivity index (χ0n) is 26.8. The Hall–Kier alpha value is -3.33. The minimum atomic E-state index is -6.10. The highest BCUT2D eigenvalue weighted by molar-refractivity contribution is 7.91. The van der Waals surface area contributed by atoms with E-state index in [0.29, 0.717) is 17.7 Å². The van der Waals surface area contributed by atoms with Crippen molar-refractivity contribution in [3.63, 3.8) is 0 Å². The first-order chi connectivity index (χ1) is 21.3. The third-order valence-electron chi connectivity index (χ3n) is 8.40. The SMILES string of the molecule is CC(C)(C)OC(=O)N1CCc2cc(S(=O)(=O)CC3CC3)ccc2C1(C(=O)Nc1ccc(C(O)(C(F)(F)F)C(F)(F)F)cc1)C(C)(C)C. The van der Waals surface area contributed by atoms with Crippen LogP contribution in [0.4, 0.5) is 36.8 Å². The summed E-state index contributed by atoms with van der Waals surface area (Å²) in [5, 5.41) is 12.3. The lowest BCUT2D eigenvalue weighted by Gasteiger charge is -2.53. The summed E-state index contributed by atoms with van der Waals surface area (Å²) in [5.74, 6) is -0.818. The van der Waals surface area contributed by atoms with Crippen LogP contribution in [0, 0.1) is 11.3 Å². The number of rotatable bonds is 6. The van der Waals surface area contributed by atoms with Crippen LogP contribution in [-0.4, -0.2) is 60.7 Å². The molecule has 2 aliphatic rings. The van der Waals surface area contributed by atoms with Gasteiger partial charge >= 0.3 is 18.4 Å². The van der Waals surface area contributed by atoms with Gasteiger partial charge in [-0.3, -0.25) is 9.69 Å². The molecule has 260 valence electrons. The van der Waals surface area contributed by atoms with Crippen LogP contribution < -0.4 is 5.32 Å². The van der Waals surface area contributed by atoms with Crippen LogP contribution in [0.15, 0.2) is 47.4 Å². The maximum absolute atomic E-state index is 14.5. The molecule has 1 saturated carbocycles. The van der Waals surface area contributed by atoms with Gasteiger partial charge in [0, 0.05) is 17.8 Å². The molecule has 1 atom stereocenters. The molecule has 0 saturated heterocycles.